The first kappa shape index (κ1) is 18.4. The minimum atomic E-state index is -0.760. The summed E-state index contributed by atoms with van der Waals surface area (Å²) in [6.45, 7) is 0. The number of methoxy groups -OCH3 is 2. The maximum absolute atomic E-state index is 13.5. The molecule has 1 atom stereocenters. The van der Waals surface area contributed by atoms with E-state index in [1.165, 1.54) is 30.5 Å². The third kappa shape index (κ3) is 2.54. The van der Waals surface area contributed by atoms with Crippen LogP contribution in [0.3, 0.4) is 0 Å². The second-order valence-electron chi connectivity index (χ2n) is 6.65. The van der Waals surface area contributed by atoms with Crippen molar-refractivity contribution in [1.29, 1.82) is 0 Å². The summed E-state index contributed by atoms with van der Waals surface area (Å²) < 4.78 is 17.0. The zero-order valence-corrected chi connectivity index (χ0v) is 16.9. The highest BCUT2D eigenvalue weighted by molar-refractivity contribution is 7.13. The summed E-state index contributed by atoms with van der Waals surface area (Å²) in [5, 5.41) is 2.65. The van der Waals surface area contributed by atoms with Crippen molar-refractivity contribution >= 4 is 33.3 Å². The van der Waals surface area contributed by atoms with Crippen LogP contribution >= 0.6 is 11.3 Å². The smallest absolute Gasteiger partial charge is 0.297 e. The summed E-state index contributed by atoms with van der Waals surface area (Å²) in [5.74, 6) is 0.543. The average molecular weight is 420 g/mol. The second-order valence-corrected chi connectivity index (χ2v) is 7.52. The van der Waals surface area contributed by atoms with Crippen molar-refractivity contribution in [1.82, 2.24) is 4.98 Å². The van der Waals surface area contributed by atoms with Crippen LogP contribution in [0, 0.1) is 0 Å². The predicted octanol–water partition coefficient (Wildman–Crippen LogP) is 4.02. The third-order valence-corrected chi connectivity index (χ3v) is 5.90. The topological polar surface area (TPSA) is 81.9 Å². The molecule has 2 aromatic heterocycles. The van der Waals surface area contributed by atoms with Gasteiger partial charge in [0.15, 0.2) is 22.1 Å². The number of benzene rings is 2. The molecule has 0 N–H and O–H groups in total. The van der Waals surface area contributed by atoms with Gasteiger partial charge in [-0.15, -0.1) is 11.3 Å². The lowest BCUT2D eigenvalue weighted by Crippen LogP contribution is -2.29. The molecule has 0 aliphatic carbocycles. The molecule has 30 heavy (non-hydrogen) atoms. The third-order valence-electron chi connectivity index (χ3n) is 5.13. The van der Waals surface area contributed by atoms with Gasteiger partial charge in [-0.25, -0.2) is 4.98 Å². The molecule has 0 saturated carbocycles. The lowest BCUT2D eigenvalue weighted by atomic mass is 9.97. The largest absolute Gasteiger partial charge is 0.493 e. The van der Waals surface area contributed by atoms with Crippen molar-refractivity contribution in [3.63, 3.8) is 0 Å². The molecule has 1 aliphatic rings. The fourth-order valence-corrected chi connectivity index (χ4v) is 4.54. The van der Waals surface area contributed by atoms with Crippen LogP contribution in [0.15, 0.2) is 63.3 Å². The summed E-state index contributed by atoms with van der Waals surface area (Å²) in [4.78, 5) is 32.7. The lowest BCUT2D eigenvalue weighted by Gasteiger charge is -2.24. The van der Waals surface area contributed by atoms with Gasteiger partial charge in [-0.3, -0.25) is 14.5 Å². The van der Waals surface area contributed by atoms with Crippen molar-refractivity contribution in [3.05, 3.63) is 81.2 Å². The van der Waals surface area contributed by atoms with E-state index >= 15 is 0 Å². The highest BCUT2D eigenvalue weighted by Crippen LogP contribution is 2.46. The second kappa shape index (κ2) is 7.00. The fourth-order valence-electron chi connectivity index (χ4n) is 3.87. The van der Waals surface area contributed by atoms with Crippen LogP contribution < -0.4 is 19.8 Å². The zero-order chi connectivity index (χ0) is 20.8. The number of fused-ring (bicyclic) bond motifs is 2. The maximum atomic E-state index is 13.5. The Hall–Kier alpha value is -3.65. The number of carbonyl (C=O) groups is 1. The van der Waals surface area contributed by atoms with Crippen LogP contribution in [0.2, 0.25) is 0 Å². The van der Waals surface area contributed by atoms with E-state index < -0.39 is 11.9 Å². The predicted molar refractivity (Wildman–Crippen MR) is 113 cm³/mol. The number of nitrogens with zero attached hydrogens (tertiary/aromatic N) is 2. The minimum absolute atomic E-state index is 0.0174. The van der Waals surface area contributed by atoms with E-state index in [2.05, 4.69) is 4.98 Å². The van der Waals surface area contributed by atoms with E-state index in [0.29, 0.717) is 33.2 Å². The summed E-state index contributed by atoms with van der Waals surface area (Å²) in [6.07, 6.45) is 1.61. The van der Waals surface area contributed by atoms with Crippen LogP contribution in [0.4, 0.5) is 5.13 Å². The number of anilines is 1. The van der Waals surface area contributed by atoms with E-state index in [9.17, 15) is 9.59 Å². The van der Waals surface area contributed by atoms with E-state index in [0.717, 1.165) is 0 Å². The molecule has 0 fully saturated rings. The number of amides is 1. The van der Waals surface area contributed by atoms with Crippen LogP contribution in [-0.2, 0) is 0 Å². The van der Waals surface area contributed by atoms with Gasteiger partial charge in [0, 0.05) is 17.1 Å². The van der Waals surface area contributed by atoms with Crippen molar-refractivity contribution in [2.45, 2.75) is 6.04 Å². The van der Waals surface area contributed by atoms with Crippen LogP contribution in [0.25, 0.3) is 11.0 Å². The van der Waals surface area contributed by atoms with Crippen LogP contribution in [-0.4, -0.2) is 25.1 Å². The molecular formula is C22H16N2O5S. The Balaban J connectivity index is 1.86. The highest BCUT2D eigenvalue weighted by Gasteiger charge is 2.46. The highest BCUT2D eigenvalue weighted by atomic mass is 32.1. The summed E-state index contributed by atoms with van der Waals surface area (Å²) >= 11 is 1.30. The molecule has 0 unspecified atom stereocenters. The van der Waals surface area contributed by atoms with E-state index in [-0.39, 0.29) is 16.8 Å². The molecule has 3 heterocycles. The summed E-state index contributed by atoms with van der Waals surface area (Å²) in [6, 6.07) is 11.5. The van der Waals surface area contributed by atoms with Gasteiger partial charge in [-0.2, -0.15) is 0 Å². The number of ether oxygens (including phenoxy) is 2. The van der Waals surface area contributed by atoms with Crippen molar-refractivity contribution < 1.29 is 18.7 Å². The number of thiazole rings is 1. The van der Waals surface area contributed by atoms with Gasteiger partial charge < -0.3 is 13.9 Å². The molecule has 7 nitrogen and oxygen atoms in total. The Labute approximate surface area is 175 Å². The first-order valence-electron chi connectivity index (χ1n) is 9.15. The Morgan fingerprint density at radius 3 is 2.63 bits per heavy atom. The first-order valence-corrected chi connectivity index (χ1v) is 10.0. The van der Waals surface area contributed by atoms with E-state index in [1.54, 1.807) is 48.0 Å². The quantitative estimate of drug-likeness (QED) is 0.496. The number of carbonyl (C=O) groups excluding carboxylic acids is 1. The summed E-state index contributed by atoms with van der Waals surface area (Å²) in [5.41, 5.74) is 0.989. The average Bonchev–Trinajstić information content (AvgIpc) is 3.40. The number of aromatic nitrogens is 1. The van der Waals surface area contributed by atoms with Gasteiger partial charge in [-0.05, 0) is 18.2 Å². The molecule has 150 valence electrons. The molecule has 0 bridgehead atoms. The standard InChI is InChI=1S/C22H16N2O5S/c1-27-15-9-5-7-13(19(15)28-2)17-16-18(25)12-6-3-4-8-14(12)29-20(16)21(26)24(17)22-23-10-11-30-22/h3-11,17H,1-2H3/t17-/m0/s1. The number of hydrogen-bond acceptors (Lipinski definition) is 7. The molecule has 1 amide bonds. The minimum Gasteiger partial charge on any atom is -0.493 e. The molecule has 0 saturated heterocycles. The van der Waals surface area contributed by atoms with Gasteiger partial charge in [0.25, 0.3) is 5.91 Å². The monoisotopic (exact) mass is 420 g/mol. The molecule has 0 radical (unpaired) electrons. The van der Waals surface area contributed by atoms with Crippen molar-refractivity contribution in [3.8, 4) is 11.5 Å². The van der Waals surface area contributed by atoms with Crippen LogP contribution in [0.5, 0.6) is 11.5 Å². The molecule has 4 aromatic rings. The van der Waals surface area contributed by atoms with Crippen molar-refractivity contribution in [2.24, 2.45) is 0 Å². The molecular weight excluding hydrogens is 404 g/mol. The van der Waals surface area contributed by atoms with Gasteiger partial charge in [0.1, 0.15) is 11.6 Å². The van der Waals surface area contributed by atoms with E-state index in [1.807, 2.05) is 6.07 Å². The number of para-hydroxylation sites is 2. The SMILES string of the molecule is COc1cccc([C@H]2c3c(oc4ccccc4c3=O)C(=O)N2c2nccs2)c1OC. The molecule has 1 aliphatic heterocycles. The molecule has 8 heteroatoms. The van der Waals surface area contributed by atoms with Crippen molar-refractivity contribution in [2.75, 3.05) is 19.1 Å². The molecule has 5 rings (SSSR count). The Kier molecular flexibility index (Phi) is 4.29. The lowest BCUT2D eigenvalue weighted by molar-refractivity contribution is 0.0970. The summed E-state index contributed by atoms with van der Waals surface area (Å²) in [7, 11) is 3.06. The number of rotatable bonds is 4. The normalized spacial score (nSPS) is 15.5. The fraction of sp³-hybridized carbons (Fsp3) is 0.136. The van der Waals surface area contributed by atoms with Gasteiger partial charge in [0.05, 0.1) is 25.2 Å². The van der Waals surface area contributed by atoms with Gasteiger partial charge in [-0.1, -0.05) is 24.3 Å². The first-order chi connectivity index (χ1) is 14.7. The Bertz CT molecular complexity index is 1330. The maximum Gasteiger partial charge on any atom is 0.297 e. The molecule has 2 aromatic carbocycles. The Morgan fingerprint density at radius 1 is 1.07 bits per heavy atom. The van der Waals surface area contributed by atoms with E-state index in [4.69, 9.17) is 13.9 Å². The van der Waals surface area contributed by atoms with Gasteiger partial charge >= 0.3 is 0 Å². The van der Waals surface area contributed by atoms with Crippen LogP contribution in [0.1, 0.15) is 27.7 Å². The molecule has 0 spiro atoms. The van der Waals surface area contributed by atoms with Gasteiger partial charge in [0.2, 0.25) is 5.76 Å². The Morgan fingerprint density at radius 2 is 1.90 bits per heavy atom. The zero-order valence-electron chi connectivity index (χ0n) is 16.1. The number of hydrogen-bond donors (Lipinski definition) is 0.